The monoisotopic (exact) mass is 219 g/mol. The highest BCUT2D eigenvalue weighted by Crippen LogP contribution is 2.37. The molecule has 0 aromatic heterocycles. The summed E-state index contributed by atoms with van der Waals surface area (Å²) >= 11 is 0. The highest BCUT2D eigenvalue weighted by Gasteiger charge is 2.26. The molecule has 1 aromatic carbocycles. The molecule has 2 rings (SSSR count). The van der Waals surface area contributed by atoms with Gasteiger partial charge >= 0.3 is 0 Å². The SMILES string of the molecule is CCN[C@H]1CC[C@@H](OCC)c2ccccc21. The summed E-state index contributed by atoms with van der Waals surface area (Å²) in [6.07, 6.45) is 2.61. The predicted molar refractivity (Wildman–Crippen MR) is 66.5 cm³/mol. The average molecular weight is 219 g/mol. The summed E-state index contributed by atoms with van der Waals surface area (Å²) in [6, 6.07) is 9.18. The summed E-state index contributed by atoms with van der Waals surface area (Å²) in [4.78, 5) is 0. The van der Waals surface area contributed by atoms with Crippen LogP contribution in [0.1, 0.15) is 50.0 Å². The molecule has 2 nitrogen and oxygen atoms in total. The molecule has 0 spiro atoms. The van der Waals surface area contributed by atoms with Crippen LogP contribution in [0.2, 0.25) is 0 Å². The van der Waals surface area contributed by atoms with E-state index in [9.17, 15) is 0 Å². The van der Waals surface area contributed by atoms with Crippen LogP contribution in [0.3, 0.4) is 0 Å². The normalized spacial score (nSPS) is 24.1. The Labute approximate surface area is 98.0 Å². The van der Waals surface area contributed by atoms with Crippen LogP contribution in [0.4, 0.5) is 0 Å². The van der Waals surface area contributed by atoms with E-state index in [1.807, 2.05) is 0 Å². The van der Waals surface area contributed by atoms with Crippen molar-refractivity contribution in [2.24, 2.45) is 0 Å². The van der Waals surface area contributed by atoms with Crippen LogP contribution < -0.4 is 5.32 Å². The molecule has 0 unspecified atom stereocenters. The maximum atomic E-state index is 5.81. The maximum absolute atomic E-state index is 5.81. The number of ether oxygens (including phenoxy) is 1. The van der Waals surface area contributed by atoms with Gasteiger partial charge in [0.2, 0.25) is 0 Å². The van der Waals surface area contributed by atoms with Gasteiger partial charge in [0.25, 0.3) is 0 Å². The Balaban J connectivity index is 2.25. The van der Waals surface area contributed by atoms with Crippen LogP contribution in [-0.2, 0) is 4.74 Å². The van der Waals surface area contributed by atoms with Gasteiger partial charge < -0.3 is 10.1 Å². The predicted octanol–water partition coefficient (Wildman–Crippen LogP) is 3.21. The zero-order valence-electron chi connectivity index (χ0n) is 10.2. The number of fused-ring (bicyclic) bond motifs is 1. The lowest BCUT2D eigenvalue weighted by molar-refractivity contribution is 0.0456. The minimum Gasteiger partial charge on any atom is -0.374 e. The van der Waals surface area contributed by atoms with Gasteiger partial charge in [0.15, 0.2) is 0 Å². The molecule has 0 saturated heterocycles. The molecule has 0 radical (unpaired) electrons. The van der Waals surface area contributed by atoms with Crippen LogP contribution in [0.25, 0.3) is 0 Å². The smallest absolute Gasteiger partial charge is 0.0828 e. The van der Waals surface area contributed by atoms with Gasteiger partial charge in [-0.1, -0.05) is 31.2 Å². The second kappa shape index (κ2) is 5.46. The standard InChI is InChI=1S/C14H21NO/c1-3-15-13-9-10-14(16-4-2)12-8-6-5-7-11(12)13/h5-8,13-15H,3-4,9-10H2,1-2H3/t13-,14+/m0/s1. The lowest BCUT2D eigenvalue weighted by Crippen LogP contribution is -2.27. The first-order valence-electron chi connectivity index (χ1n) is 6.30. The van der Waals surface area contributed by atoms with Gasteiger partial charge in [-0.3, -0.25) is 0 Å². The van der Waals surface area contributed by atoms with E-state index in [0.717, 1.165) is 19.6 Å². The van der Waals surface area contributed by atoms with Crippen molar-refractivity contribution in [1.29, 1.82) is 0 Å². The van der Waals surface area contributed by atoms with Gasteiger partial charge in [-0.25, -0.2) is 0 Å². The highest BCUT2D eigenvalue weighted by molar-refractivity contribution is 5.34. The summed E-state index contributed by atoms with van der Waals surface area (Å²) in [5, 5.41) is 3.55. The van der Waals surface area contributed by atoms with Gasteiger partial charge in [-0.2, -0.15) is 0 Å². The molecule has 88 valence electrons. The Morgan fingerprint density at radius 1 is 1.19 bits per heavy atom. The van der Waals surface area contributed by atoms with Crippen LogP contribution in [-0.4, -0.2) is 13.2 Å². The van der Waals surface area contributed by atoms with Gasteiger partial charge in [0.05, 0.1) is 6.10 Å². The minimum absolute atomic E-state index is 0.302. The van der Waals surface area contributed by atoms with Crippen LogP contribution in [0.5, 0.6) is 0 Å². The summed E-state index contributed by atoms with van der Waals surface area (Å²) in [6.45, 7) is 6.05. The number of rotatable bonds is 4. The molecule has 2 heteroatoms. The van der Waals surface area contributed by atoms with Crippen molar-refractivity contribution in [1.82, 2.24) is 5.32 Å². The van der Waals surface area contributed by atoms with Crippen LogP contribution in [0.15, 0.2) is 24.3 Å². The lowest BCUT2D eigenvalue weighted by atomic mass is 9.85. The van der Waals surface area contributed by atoms with Gasteiger partial charge in [-0.15, -0.1) is 0 Å². The van der Waals surface area contributed by atoms with Crippen molar-refractivity contribution in [2.45, 2.75) is 38.8 Å². The fourth-order valence-corrected chi connectivity index (χ4v) is 2.58. The van der Waals surface area contributed by atoms with Gasteiger partial charge in [0, 0.05) is 12.6 Å². The van der Waals surface area contributed by atoms with Crippen LogP contribution in [0, 0.1) is 0 Å². The molecular formula is C14H21NO. The summed E-state index contributed by atoms with van der Waals surface area (Å²) < 4.78 is 5.81. The Morgan fingerprint density at radius 3 is 2.62 bits per heavy atom. The molecule has 1 aromatic rings. The molecule has 0 saturated carbocycles. The highest BCUT2D eigenvalue weighted by atomic mass is 16.5. The van der Waals surface area contributed by atoms with E-state index in [1.54, 1.807) is 0 Å². The molecule has 0 fully saturated rings. The number of nitrogens with one attached hydrogen (secondary N) is 1. The van der Waals surface area contributed by atoms with E-state index in [2.05, 4.69) is 43.4 Å². The van der Waals surface area contributed by atoms with E-state index in [-0.39, 0.29) is 0 Å². The van der Waals surface area contributed by atoms with Gasteiger partial charge in [-0.05, 0) is 37.4 Å². The topological polar surface area (TPSA) is 21.3 Å². The molecule has 2 atom stereocenters. The Hall–Kier alpha value is -0.860. The van der Waals surface area contributed by atoms with E-state index < -0.39 is 0 Å². The third-order valence-corrected chi connectivity index (χ3v) is 3.25. The molecule has 0 bridgehead atoms. The summed E-state index contributed by atoms with van der Waals surface area (Å²) in [7, 11) is 0. The van der Waals surface area contributed by atoms with E-state index >= 15 is 0 Å². The van der Waals surface area contributed by atoms with Crippen LogP contribution >= 0.6 is 0 Å². The van der Waals surface area contributed by atoms with Gasteiger partial charge in [0.1, 0.15) is 0 Å². The van der Waals surface area contributed by atoms with E-state index in [4.69, 9.17) is 4.74 Å². The Kier molecular flexibility index (Phi) is 3.97. The lowest BCUT2D eigenvalue weighted by Gasteiger charge is -2.31. The largest absolute Gasteiger partial charge is 0.374 e. The number of benzene rings is 1. The first-order valence-corrected chi connectivity index (χ1v) is 6.30. The van der Waals surface area contributed by atoms with Crippen molar-refractivity contribution in [3.63, 3.8) is 0 Å². The molecule has 1 aliphatic rings. The third kappa shape index (κ3) is 2.28. The van der Waals surface area contributed by atoms with Crippen molar-refractivity contribution in [2.75, 3.05) is 13.2 Å². The third-order valence-electron chi connectivity index (χ3n) is 3.25. The number of hydrogen-bond acceptors (Lipinski definition) is 2. The first kappa shape index (κ1) is 11.6. The second-order valence-electron chi connectivity index (χ2n) is 4.26. The average Bonchev–Trinajstić information content (AvgIpc) is 2.33. The van der Waals surface area contributed by atoms with Crippen molar-refractivity contribution in [3.05, 3.63) is 35.4 Å². The molecule has 0 amide bonds. The summed E-state index contributed by atoms with van der Waals surface area (Å²) in [5.41, 5.74) is 2.80. The first-order chi connectivity index (χ1) is 7.86. The molecule has 16 heavy (non-hydrogen) atoms. The zero-order chi connectivity index (χ0) is 11.4. The quantitative estimate of drug-likeness (QED) is 0.839. The zero-order valence-corrected chi connectivity index (χ0v) is 10.2. The van der Waals surface area contributed by atoms with E-state index in [1.165, 1.54) is 17.5 Å². The molecule has 1 aliphatic carbocycles. The Morgan fingerprint density at radius 2 is 1.94 bits per heavy atom. The molecule has 0 aliphatic heterocycles. The van der Waals surface area contributed by atoms with Crippen molar-refractivity contribution in [3.8, 4) is 0 Å². The van der Waals surface area contributed by atoms with Crippen molar-refractivity contribution < 1.29 is 4.74 Å². The maximum Gasteiger partial charge on any atom is 0.0828 e. The molecular weight excluding hydrogens is 198 g/mol. The Bertz CT molecular complexity index is 304. The minimum atomic E-state index is 0.302. The fraction of sp³-hybridized carbons (Fsp3) is 0.571. The van der Waals surface area contributed by atoms with E-state index in [0.29, 0.717) is 12.1 Å². The number of hydrogen-bond donors (Lipinski definition) is 1. The molecule has 1 N–H and O–H groups in total. The van der Waals surface area contributed by atoms with Crippen molar-refractivity contribution >= 4 is 0 Å². The fourth-order valence-electron chi connectivity index (χ4n) is 2.58. The summed E-state index contributed by atoms with van der Waals surface area (Å²) in [5.74, 6) is 0. The second-order valence-corrected chi connectivity index (χ2v) is 4.26. The molecule has 0 heterocycles.